The smallest absolute Gasteiger partial charge is 0.261 e. The average Bonchev–Trinajstić information content (AvgIpc) is 3.28. The Balaban J connectivity index is 1.51. The summed E-state index contributed by atoms with van der Waals surface area (Å²) in [4.78, 5) is 0.266. The maximum Gasteiger partial charge on any atom is 0.261 e. The Morgan fingerprint density at radius 1 is 1.06 bits per heavy atom. The second-order valence-electron chi connectivity index (χ2n) is 8.59. The molecule has 0 saturated carbocycles. The summed E-state index contributed by atoms with van der Waals surface area (Å²) >= 11 is 3.59. The van der Waals surface area contributed by atoms with Gasteiger partial charge in [0.1, 0.15) is 5.75 Å². The first-order valence-corrected chi connectivity index (χ1v) is 13.1. The van der Waals surface area contributed by atoms with E-state index in [9.17, 15) is 8.42 Å². The average molecular weight is 525 g/mol. The highest BCUT2D eigenvalue weighted by Crippen LogP contribution is 2.51. The fraction of sp³-hybridized carbons (Fsp3) is 0.231. The van der Waals surface area contributed by atoms with Gasteiger partial charge in [-0.15, -0.1) is 0 Å². The third kappa shape index (κ3) is 4.15. The van der Waals surface area contributed by atoms with Crippen LogP contribution < -0.4 is 14.8 Å². The van der Waals surface area contributed by atoms with E-state index in [1.165, 1.54) is 0 Å². The van der Waals surface area contributed by atoms with E-state index in [1.54, 1.807) is 19.2 Å². The van der Waals surface area contributed by atoms with Crippen molar-refractivity contribution in [2.45, 2.75) is 30.2 Å². The first-order chi connectivity index (χ1) is 15.9. The highest BCUT2D eigenvalue weighted by atomic mass is 79.9. The number of allylic oxidation sites excluding steroid dienone is 2. The molecule has 0 aromatic heterocycles. The third-order valence-corrected chi connectivity index (χ3v) is 8.31. The number of ether oxygens (including phenoxy) is 1. The van der Waals surface area contributed by atoms with Crippen LogP contribution in [0.3, 0.4) is 0 Å². The van der Waals surface area contributed by atoms with E-state index in [0.29, 0.717) is 5.69 Å². The monoisotopic (exact) mass is 524 g/mol. The number of halogens is 1. The SMILES string of the molecule is COc1ccc(Br)cc1[C@@H]1Nc2ccc(S(=O)(=O)Nc3cccc(C)c3)cc2C2C=CCC21. The Labute approximate surface area is 203 Å². The van der Waals surface area contributed by atoms with Gasteiger partial charge in [0.2, 0.25) is 0 Å². The highest BCUT2D eigenvalue weighted by molar-refractivity contribution is 9.10. The summed E-state index contributed by atoms with van der Waals surface area (Å²) in [7, 11) is -2.02. The van der Waals surface area contributed by atoms with Crippen molar-refractivity contribution in [3.8, 4) is 5.75 Å². The fourth-order valence-corrected chi connectivity index (χ4v) is 6.38. The molecular formula is C26H25BrN2O3S. The van der Waals surface area contributed by atoms with Crippen molar-refractivity contribution >= 4 is 37.3 Å². The summed E-state index contributed by atoms with van der Waals surface area (Å²) in [6, 6.07) is 18.8. The van der Waals surface area contributed by atoms with E-state index >= 15 is 0 Å². The van der Waals surface area contributed by atoms with Crippen LogP contribution in [0, 0.1) is 12.8 Å². The normalized spacial score (nSPS) is 21.1. The van der Waals surface area contributed by atoms with Crippen molar-refractivity contribution in [3.05, 3.63) is 94.0 Å². The van der Waals surface area contributed by atoms with Crippen LogP contribution in [0.5, 0.6) is 5.75 Å². The van der Waals surface area contributed by atoms with E-state index in [4.69, 9.17) is 4.74 Å². The maximum absolute atomic E-state index is 13.1. The molecule has 5 nitrogen and oxygen atoms in total. The number of nitrogens with one attached hydrogen (secondary N) is 2. The molecule has 0 saturated heterocycles. The first-order valence-electron chi connectivity index (χ1n) is 10.9. The van der Waals surface area contributed by atoms with E-state index in [0.717, 1.165) is 39.0 Å². The van der Waals surface area contributed by atoms with Gasteiger partial charge in [-0.2, -0.15) is 0 Å². The predicted molar refractivity (Wildman–Crippen MR) is 135 cm³/mol. The minimum Gasteiger partial charge on any atom is -0.496 e. The number of hydrogen-bond donors (Lipinski definition) is 2. The van der Waals surface area contributed by atoms with Crippen LogP contribution in [0.15, 0.2) is 82.2 Å². The lowest BCUT2D eigenvalue weighted by atomic mass is 9.77. The Hall–Kier alpha value is -2.77. The summed E-state index contributed by atoms with van der Waals surface area (Å²) in [5.41, 5.74) is 4.61. The molecule has 2 unspecified atom stereocenters. The Kier molecular flexibility index (Phi) is 5.70. The second kappa shape index (κ2) is 8.54. The molecule has 2 N–H and O–H groups in total. The molecule has 0 bridgehead atoms. The Bertz CT molecular complexity index is 1350. The van der Waals surface area contributed by atoms with Gasteiger partial charge < -0.3 is 10.1 Å². The van der Waals surface area contributed by atoms with Crippen LogP contribution in [0.4, 0.5) is 11.4 Å². The summed E-state index contributed by atoms with van der Waals surface area (Å²) < 4.78 is 35.6. The number of benzene rings is 3. The molecule has 2 aliphatic rings. The van der Waals surface area contributed by atoms with Gasteiger partial charge >= 0.3 is 0 Å². The van der Waals surface area contributed by atoms with E-state index in [2.05, 4.69) is 44.2 Å². The number of methoxy groups -OCH3 is 1. The molecule has 3 aromatic carbocycles. The minimum atomic E-state index is -3.70. The molecule has 0 fully saturated rings. The van der Waals surface area contributed by atoms with Crippen LogP contribution in [0.1, 0.15) is 35.1 Å². The molecule has 33 heavy (non-hydrogen) atoms. The topological polar surface area (TPSA) is 67.4 Å². The molecule has 1 aliphatic heterocycles. The van der Waals surface area contributed by atoms with Gasteiger partial charge in [-0.25, -0.2) is 8.42 Å². The van der Waals surface area contributed by atoms with Crippen LogP contribution >= 0.6 is 15.9 Å². The lowest BCUT2D eigenvalue weighted by molar-refractivity contribution is 0.381. The van der Waals surface area contributed by atoms with Gasteiger partial charge in [-0.1, -0.05) is 40.2 Å². The molecule has 170 valence electrons. The second-order valence-corrected chi connectivity index (χ2v) is 11.2. The maximum atomic E-state index is 13.1. The number of fused-ring (bicyclic) bond motifs is 3. The van der Waals surface area contributed by atoms with Crippen molar-refractivity contribution in [3.63, 3.8) is 0 Å². The van der Waals surface area contributed by atoms with Gasteiger partial charge in [-0.05, 0) is 78.9 Å². The van der Waals surface area contributed by atoms with E-state index < -0.39 is 10.0 Å². The Morgan fingerprint density at radius 2 is 1.91 bits per heavy atom. The molecule has 1 aliphatic carbocycles. The standard InChI is InChI=1S/C26H25BrN2O3S/c1-16-5-3-6-18(13-16)29-33(30,31)19-10-11-24-22(15-19)20-7-4-8-21(20)26(28-24)23-14-17(27)9-12-25(23)32-2/h3-7,9-15,20-21,26,28-29H,8H2,1-2H3/t20?,21?,26-/m1/s1. The molecule has 0 spiro atoms. The molecular weight excluding hydrogens is 500 g/mol. The molecule has 3 atom stereocenters. The lowest BCUT2D eigenvalue weighted by Gasteiger charge is -2.38. The van der Waals surface area contributed by atoms with E-state index in [1.807, 2.05) is 49.4 Å². The van der Waals surface area contributed by atoms with Gasteiger partial charge in [-0.3, -0.25) is 4.72 Å². The predicted octanol–water partition coefficient (Wildman–Crippen LogP) is 6.39. The van der Waals surface area contributed by atoms with Crippen molar-refractivity contribution in [2.24, 2.45) is 5.92 Å². The molecule has 0 radical (unpaired) electrons. The van der Waals surface area contributed by atoms with E-state index in [-0.39, 0.29) is 22.8 Å². The molecule has 5 rings (SSSR count). The molecule has 0 amide bonds. The zero-order chi connectivity index (χ0) is 23.2. The van der Waals surface area contributed by atoms with Gasteiger partial charge in [0.25, 0.3) is 10.0 Å². The van der Waals surface area contributed by atoms with Crippen LogP contribution in [0.25, 0.3) is 0 Å². The third-order valence-electron chi connectivity index (χ3n) is 6.44. The molecule has 3 aromatic rings. The van der Waals surface area contributed by atoms with Crippen molar-refractivity contribution in [1.29, 1.82) is 0 Å². The lowest BCUT2D eigenvalue weighted by Crippen LogP contribution is -2.29. The quantitative estimate of drug-likeness (QED) is 0.379. The summed E-state index contributed by atoms with van der Waals surface area (Å²) in [6.45, 7) is 1.94. The highest BCUT2D eigenvalue weighted by Gasteiger charge is 2.39. The zero-order valence-electron chi connectivity index (χ0n) is 18.4. The number of aryl methyl sites for hydroxylation is 1. The van der Waals surface area contributed by atoms with Crippen molar-refractivity contribution < 1.29 is 13.2 Å². The Morgan fingerprint density at radius 3 is 2.70 bits per heavy atom. The summed E-state index contributed by atoms with van der Waals surface area (Å²) in [6.07, 6.45) is 5.30. The number of rotatable bonds is 5. The van der Waals surface area contributed by atoms with Crippen LogP contribution in [-0.4, -0.2) is 15.5 Å². The molecule has 7 heteroatoms. The fourth-order valence-electron chi connectivity index (χ4n) is 4.92. The first kappa shape index (κ1) is 22.0. The van der Waals surface area contributed by atoms with Crippen molar-refractivity contribution in [1.82, 2.24) is 0 Å². The number of hydrogen-bond acceptors (Lipinski definition) is 4. The summed E-state index contributed by atoms with van der Waals surface area (Å²) in [5.74, 6) is 1.23. The van der Waals surface area contributed by atoms with Crippen molar-refractivity contribution in [2.75, 3.05) is 17.1 Å². The van der Waals surface area contributed by atoms with Gasteiger partial charge in [0.15, 0.2) is 0 Å². The summed E-state index contributed by atoms with van der Waals surface area (Å²) in [5, 5.41) is 3.67. The van der Waals surface area contributed by atoms with Crippen LogP contribution in [-0.2, 0) is 10.0 Å². The largest absolute Gasteiger partial charge is 0.496 e. The van der Waals surface area contributed by atoms with Crippen LogP contribution in [0.2, 0.25) is 0 Å². The minimum absolute atomic E-state index is 0.0535. The number of sulfonamides is 1. The molecule has 1 heterocycles. The zero-order valence-corrected chi connectivity index (χ0v) is 20.8. The number of anilines is 2. The van der Waals surface area contributed by atoms with Gasteiger partial charge in [0, 0.05) is 27.3 Å². The van der Waals surface area contributed by atoms with Gasteiger partial charge in [0.05, 0.1) is 18.0 Å².